The van der Waals surface area contributed by atoms with Gasteiger partial charge in [-0.2, -0.15) is 0 Å². The molecule has 1 aliphatic rings. The lowest BCUT2D eigenvalue weighted by Crippen LogP contribution is -2.40. The molecule has 1 fully saturated rings. The molecule has 1 atom stereocenters. The first-order chi connectivity index (χ1) is 10.2. The molecule has 118 valence electrons. The van der Waals surface area contributed by atoms with Gasteiger partial charge in [0, 0.05) is 38.3 Å². The predicted molar refractivity (Wildman–Crippen MR) is 82.8 cm³/mol. The second-order valence-corrected chi connectivity index (χ2v) is 5.42. The Morgan fingerprint density at radius 1 is 1.38 bits per heavy atom. The third-order valence-corrected chi connectivity index (χ3v) is 3.79. The first-order valence-electron chi connectivity index (χ1n) is 7.54. The van der Waals surface area contributed by atoms with Crippen LogP contribution in [-0.2, 0) is 4.74 Å². The summed E-state index contributed by atoms with van der Waals surface area (Å²) >= 11 is 0. The Bertz CT molecular complexity index is 434. The van der Waals surface area contributed by atoms with Crippen LogP contribution in [0, 0.1) is 6.92 Å². The summed E-state index contributed by atoms with van der Waals surface area (Å²) in [5, 5.41) is 13.6. The van der Waals surface area contributed by atoms with Crippen molar-refractivity contribution in [3.63, 3.8) is 0 Å². The van der Waals surface area contributed by atoms with E-state index in [1.54, 1.807) is 7.11 Å². The Morgan fingerprint density at radius 3 is 2.86 bits per heavy atom. The maximum Gasteiger partial charge on any atom is 0.124 e. The van der Waals surface area contributed by atoms with Gasteiger partial charge in [0.05, 0.1) is 26.4 Å². The van der Waals surface area contributed by atoms with Crippen molar-refractivity contribution in [1.29, 1.82) is 0 Å². The van der Waals surface area contributed by atoms with Gasteiger partial charge in [0.25, 0.3) is 0 Å². The van der Waals surface area contributed by atoms with E-state index in [1.807, 2.05) is 25.1 Å². The fourth-order valence-electron chi connectivity index (χ4n) is 2.52. The second-order valence-electron chi connectivity index (χ2n) is 5.42. The zero-order valence-corrected chi connectivity index (χ0v) is 13.0. The van der Waals surface area contributed by atoms with Crippen LogP contribution in [0.2, 0.25) is 0 Å². The number of rotatable bonds is 7. The monoisotopic (exact) mass is 294 g/mol. The zero-order valence-electron chi connectivity index (χ0n) is 13.0. The van der Waals surface area contributed by atoms with E-state index in [0.717, 1.165) is 56.3 Å². The Hall–Kier alpha value is -1.14. The van der Waals surface area contributed by atoms with Crippen molar-refractivity contribution in [1.82, 2.24) is 10.2 Å². The Labute approximate surface area is 126 Å². The molecule has 0 saturated carbocycles. The van der Waals surface area contributed by atoms with Crippen LogP contribution in [0.3, 0.4) is 0 Å². The van der Waals surface area contributed by atoms with E-state index >= 15 is 0 Å². The number of benzene rings is 1. The average molecular weight is 294 g/mol. The van der Waals surface area contributed by atoms with Crippen molar-refractivity contribution in [2.45, 2.75) is 13.0 Å². The van der Waals surface area contributed by atoms with Gasteiger partial charge in [0.1, 0.15) is 5.75 Å². The van der Waals surface area contributed by atoms with Crippen LogP contribution in [0.15, 0.2) is 18.2 Å². The highest BCUT2D eigenvalue weighted by Gasteiger charge is 2.14. The summed E-state index contributed by atoms with van der Waals surface area (Å²) in [6.07, 6.45) is -0.551. The summed E-state index contributed by atoms with van der Waals surface area (Å²) in [6, 6.07) is 5.87. The van der Waals surface area contributed by atoms with Crippen molar-refractivity contribution in [2.75, 3.05) is 53.0 Å². The highest BCUT2D eigenvalue weighted by molar-refractivity contribution is 5.38. The first-order valence-corrected chi connectivity index (χ1v) is 7.54. The van der Waals surface area contributed by atoms with E-state index < -0.39 is 6.10 Å². The van der Waals surface area contributed by atoms with Crippen LogP contribution in [0.5, 0.6) is 5.75 Å². The number of nitrogens with zero attached hydrogens (tertiary/aromatic N) is 1. The highest BCUT2D eigenvalue weighted by atomic mass is 16.5. The van der Waals surface area contributed by atoms with Crippen LogP contribution in [0.25, 0.3) is 0 Å². The van der Waals surface area contributed by atoms with Crippen LogP contribution < -0.4 is 10.1 Å². The van der Waals surface area contributed by atoms with Gasteiger partial charge in [-0.15, -0.1) is 0 Å². The van der Waals surface area contributed by atoms with Crippen LogP contribution in [-0.4, -0.2) is 63.1 Å². The number of aliphatic hydroxyl groups is 1. The normalized spacial score (nSPS) is 17.7. The molecule has 5 nitrogen and oxygen atoms in total. The molecule has 0 aliphatic carbocycles. The Kier molecular flexibility index (Phi) is 6.45. The molecule has 0 radical (unpaired) electrons. The van der Waals surface area contributed by atoms with Crippen LogP contribution >= 0.6 is 0 Å². The summed E-state index contributed by atoms with van der Waals surface area (Å²) in [5.41, 5.74) is 1.97. The molecule has 0 amide bonds. The summed E-state index contributed by atoms with van der Waals surface area (Å²) in [7, 11) is 1.63. The molecular formula is C16H26N2O3. The van der Waals surface area contributed by atoms with E-state index in [1.165, 1.54) is 0 Å². The van der Waals surface area contributed by atoms with Crippen molar-refractivity contribution in [3.8, 4) is 5.75 Å². The van der Waals surface area contributed by atoms with Gasteiger partial charge in [-0.3, -0.25) is 4.90 Å². The molecule has 1 heterocycles. The smallest absolute Gasteiger partial charge is 0.124 e. The molecule has 2 N–H and O–H groups in total. The molecule has 0 aromatic heterocycles. The standard InChI is InChI=1S/C16H26N2O3/c1-13-3-4-16(20-2)14(11-13)15(19)12-17-5-6-18-7-9-21-10-8-18/h3-4,11,15,17,19H,5-10,12H2,1-2H3. The minimum absolute atomic E-state index is 0.532. The number of methoxy groups -OCH3 is 1. The molecule has 2 rings (SSSR count). The lowest BCUT2D eigenvalue weighted by molar-refractivity contribution is 0.0380. The Morgan fingerprint density at radius 2 is 2.14 bits per heavy atom. The van der Waals surface area contributed by atoms with Gasteiger partial charge in [0.15, 0.2) is 0 Å². The molecule has 5 heteroatoms. The van der Waals surface area contributed by atoms with E-state index in [4.69, 9.17) is 9.47 Å². The number of aryl methyl sites for hydroxylation is 1. The zero-order chi connectivity index (χ0) is 15.1. The lowest BCUT2D eigenvalue weighted by atomic mass is 10.1. The van der Waals surface area contributed by atoms with Crippen LogP contribution in [0.4, 0.5) is 0 Å². The minimum Gasteiger partial charge on any atom is -0.496 e. The SMILES string of the molecule is COc1ccc(C)cc1C(O)CNCCN1CCOCC1. The number of morpholine rings is 1. The van der Waals surface area contributed by atoms with Gasteiger partial charge in [-0.1, -0.05) is 11.6 Å². The lowest BCUT2D eigenvalue weighted by Gasteiger charge is -2.26. The van der Waals surface area contributed by atoms with Gasteiger partial charge in [-0.05, 0) is 19.1 Å². The summed E-state index contributed by atoms with van der Waals surface area (Å²) in [5.74, 6) is 0.739. The van der Waals surface area contributed by atoms with Gasteiger partial charge < -0.3 is 19.9 Å². The fraction of sp³-hybridized carbons (Fsp3) is 0.625. The van der Waals surface area contributed by atoms with Crippen molar-refractivity contribution in [2.24, 2.45) is 0 Å². The molecule has 0 spiro atoms. The third-order valence-electron chi connectivity index (χ3n) is 3.79. The summed E-state index contributed by atoms with van der Waals surface area (Å²) in [4.78, 5) is 2.37. The topological polar surface area (TPSA) is 54.0 Å². The quantitative estimate of drug-likeness (QED) is 0.734. The largest absolute Gasteiger partial charge is 0.496 e. The molecule has 1 aromatic rings. The molecular weight excluding hydrogens is 268 g/mol. The first kappa shape index (κ1) is 16.2. The average Bonchev–Trinajstić information content (AvgIpc) is 2.52. The highest BCUT2D eigenvalue weighted by Crippen LogP contribution is 2.25. The number of hydrogen-bond donors (Lipinski definition) is 2. The minimum atomic E-state index is -0.551. The summed E-state index contributed by atoms with van der Waals surface area (Å²) < 4.78 is 10.6. The molecule has 1 unspecified atom stereocenters. The van der Waals surface area contributed by atoms with Crippen molar-refractivity contribution < 1.29 is 14.6 Å². The van der Waals surface area contributed by atoms with E-state index in [2.05, 4.69) is 10.2 Å². The number of aliphatic hydroxyl groups excluding tert-OH is 1. The van der Waals surface area contributed by atoms with Gasteiger partial charge in [0.2, 0.25) is 0 Å². The molecule has 1 aromatic carbocycles. The maximum atomic E-state index is 10.3. The number of hydrogen-bond acceptors (Lipinski definition) is 5. The maximum absolute atomic E-state index is 10.3. The molecule has 21 heavy (non-hydrogen) atoms. The third kappa shape index (κ3) is 4.97. The van der Waals surface area contributed by atoms with Gasteiger partial charge in [-0.25, -0.2) is 0 Å². The summed E-state index contributed by atoms with van der Waals surface area (Å²) in [6.45, 7) is 8.04. The second kappa shape index (κ2) is 8.34. The van der Waals surface area contributed by atoms with Gasteiger partial charge >= 0.3 is 0 Å². The van der Waals surface area contributed by atoms with Crippen molar-refractivity contribution in [3.05, 3.63) is 29.3 Å². The van der Waals surface area contributed by atoms with E-state index in [9.17, 15) is 5.11 Å². The van der Waals surface area contributed by atoms with E-state index in [-0.39, 0.29) is 0 Å². The molecule has 0 bridgehead atoms. The number of nitrogens with one attached hydrogen (secondary N) is 1. The molecule has 1 saturated heterocycles. The number of ether oxygens (including phenoxy) is 2. The fourth-order valence-corrected chi connectivity index (χ4v) is 2.52. The Balaban J connectivity index is 1.76. The van der Waals surface area contributed by atoms with E-state index in [0.29, 0.717) is 6.54 Å². The predicted octanol–water partition coefficient (Wildman–Crippen LogP) is 0.959. The van der Waals surface area contributed by atoms with Crippen molar-refractivity contribution >= 4 is 0 Å². The molecule has 1 aliphatic heterocycles. The van der Waals surface area contributed by atoms with Crippen LogP contribution in [0.1, 0.15) is 17.2 Å².